The van der Waals surface area contributed by atoms with E-state index in [1.54, 1.807) is 0 Å². The van der Waals surface area contributed by atoms with Crippen LogP contribution < -0.4 is 4.90 Å². The summed E-state index contributed by atoms with van der Waals surface area (Å²) in [6.45, 7) is 8.37. The SMILES string of the molecule is CC(C)(C)c1cc(CO)cc(N2CC3CCC(C2)O3)n1. The van der Waals surface area contributed by atoms with Crippen molar-refractivity contribution in [1.29, 1.82) is 0 Å². The molecule has 2 saturated heterocycles. The van der Waals surface area contributed by atoms with Crippen molar-refractivity contribution in [3.05, 3.63) is 23.4 Å². The number of hydrogen-bond donors (Lipinski definition) is 1. The first-order valence-electron chi connectivity index (χ1n) is 7.48. The van der Waals surface area contributed by atoms with Gasteiger partial charge < -0.3 is 14.7 Å². The molecule has 1 N–H and O–H groups in total. The first-order valence-corrected chi connectivity index (χ1v) is 7.48. The average molecular weight is 276 g/mol. The van der Waals surface area contributed by atoms with Crippen LogP contribution in [-0.2, 0) is 16.8 Å². The molecule has 4 heteroatoms. The quantitative estimate of drug-likeness (QED) is 0.900. The Morgan fingerprint density at radius 2 is 1.90 bits per heavy atom. The molecule has 2 bridgehead atoms. The maximum absolute atomic E-state index is 9.50. The fourth-order valence-corrected chi connectivity index (χ4v) is 3.01. The van der Waals surface area contributed by atoms with Gasteiger partial charge in [0.2, 0.25) is 0 Å². The van der Waals surface area contributed by atoms with Crippen molar-refractivity contribution < 1.29 is 9.84 Å². The molecule has 4 nitrogen and oxygen atoms in total. The number of pyridine rings is 1. The fourth-order valence-electron chi connectivity index (χ4n) is 3.01. The molecule has 3 heterocycles. The molecular formula is C16H24N2O2. The van der Waals surface area contributed by atoms with E-state index in [1.807, 2.05) is 12.1 Å². The lowest BCUT2D eigenvalue weighted by Crippen LogP contribution is -2.43. The third-order valence-corrected chi connectivity index (χ3v) is 4.19. The zero-order valence-electron chi connectivity index (χ0n) is 12.6. The number of aliphatic hydroxyl groups excluding tert-OH is 1. The summed E-state index contributed by atoms with van der Waals surface area (Å²) in [5.74, 6) is 0.988. The van der Waals surface area contributed by atoms with Crippen LogP contribution in [0.4, 0.5) is 5.82 Å². The summed E-state index contributed by atoms with van der Waals surface area (Å²) in [7, 11) is 0. The zero-order chi connectivity index (χ0) is 14.3. The van der Waals surface area contributed by atoms with Crippen molar-refractivity contribution in [2.45, 2.75) is 57.8 Å². The Morgan fingerprint density at radius 3 is 2.45 bits per heavy atom. The van der Waals surface area contributed by atoms with Crippen LogP contribution in [0.5, 0.6) is 0 Å². The van der Waals surface area contributed by atoms with E-state index in [4.69, 9.17) is 9.72 Å². The smallest absolute Gasteiger partial charge is 0.129 e. The van der Waals surface area contributed by atoms with Crippen LogP contribution in [0, 0.1) is 0 Å². The van der Waals surface area contributed by atoms with Crippen molar-refractivity contribution in [3.63, 3.8) is 0 Å². The molecule has 3 rings (SSSR count). The van der Waals surface area contributed by atoms with Crippen molar-refractivity contribution >= 4 is 5.82 Å². The topological polar surface area (TPSA) is 45.6 Å². The van der Waals surface area contributed by atoms with Crippen LogP contribution in [0.1, 0.15) is 44.9 Å². The van der Waals surface area contributed by atoms with E-state index in [2.05, 4.69) is 25.7 Å². The van der Waals surface area contributed by atoms with Gasteiger partial charge in [-0.1, -0.05) is 20.8 Å². The summed E-state index contributed by atoms with van der Waals surface area (Å²) in [4.78, 5) is 7.15. The molecule has 2 aliphatic heterocycles. The summed E-state index contributed by atoms with van der Waals surface area (Å²) in [6.07, 6.45) is 3.03. The van der Waals surface area contributed by atoms with Gasteiger partial charge in [-0.15, -0.1) is 0 Å². The average Bonchev–Trinajstić information content (AvgIpc) is 2.76. The van der Waals surface area contributed by atoms with E-state index >= 15 is 0 Å². The maximum Gasteiger partial charge on any atom is 0.129 e. The van der Waals surface area contributed by atoms with Gasteiger partial charge in [0, 0.05) is 24.2 Å². The van der Waals surface area contributed by atoms with Crippen molar-refractivity contribution in [2.75, 3.05) is 18.0 Å². The summed E-state index contributed by atoms with van der Waals surface area (Å²) >= 11 is 0. The molecule has 0 spiro atoms. The number of rotatable bonds is 2. The molecular weight excluding hydrogens is 252 g/mol. The minimum absolute atomic E-state index is 0.00873. The molecule has 2 fully saturated rings. The molecule has 2 unspecified atom stereocenters. The predicted octanol–water partition coefficient (Wildman–Crippen LogP) is 2.24. The predicted molar refractivity (Wildman–Crippen MR) is 79.0 cm³/mol. The first-order chi connectivity index (χ1) is 9.45. The van der Waals surface area contributed by atoms with Gasteiger partial charge in [0.05, 0.1) is 18.8 Å². The summed E-state index contributed by atoms with van der Waals surface area (Å²) < 4.78 is 5.88. The lowest BCUT2D eigenvalue weighted by atomic mass is 9.91. The number of fused-ring (bicyclic) bond motifs is 2. The van der Waals surface area contributed by atoms with Crippen molar-refractivity contribution in [3.8, 4) is 0 Å². The van der Waals surface area contributed by atoms with E-state index in [0.29, 0.717) is 12.2 Å². The summed E-state index contributed by atoms with van der Waals surface area (Å²) in [5.41, 5.74) is 1.97. The lowest BCUT2D eigenvalue weighted by Gasteiger charge is -2.34. The van der Waals surface area contributed by atoms with Gasteiger partial charge in [-0.2, -0.15) is 0 Å². The number of aliphatic hydroxyl groups is 1. The number of nitrogens with zero attached hydrogens (tertiary/aromatic N) is 2. The third-order valence-electron chi connectivity index (χ3n) is 4.19. The van der Waals surface area contributed by atoms with E-state index in [1.165, 1.54) is 0 Å². The third kappa shape index (κ3) is 2.67. The second-order valence-corrected chi connectivity index (χ2v) is 6.99. The Bertz CT molecular complexity index is 484. The molecule has 2 atom stereocenters. The number of morpholine rings is 1. The summed E-state index contributed by atoms with van der Waals surface area (Å²) in [5, 5.41) is 9.50. The van der Waals surface area contributed by atoms with E-state index < -0.39 is 0 Å². The molecule has 20 heavy (non-hydrogen) atoms. The van der Waals surface area contributed by atoms with Gasteiger partial charge in [-0.3, -0.25) is 0 Å². The highest BCUT2D eigenvalue weighted by Crippen LogP contribution is 2.31. The largest absolute Gasteiger partial charge is 0.392 e. The molecule has 1 aromatic rings. The highest BCUT2D eigenvalue weighted by Gasteiger charge is 2.34. The van der Waals surface area contributed by atoms with Gasteiger partial charge in [-0.25, -0.2) is 4.98 Å². The van der Waals surface area contributed by atoms with E-state index in [9.17, 15) is 5.11 Å². The number of anilines is 1. The second-order valence-electron chi connectivity index (χ2n) is 6.99. The van der Waals surface area contributed by atoms with Crippen LogP contribution in [0.3, 0.4) is 0 Å². The van der Waals surface area contributed by atoms with Crippen LogP contribution in [0.15, 0.2) is 12.1 Å². The van der Waals surface area contributed by atoms with Crippen molar-refractivity contribution in [2.24, 2.45) is 0 Å². The second kappa shape index (κ2) is 5.01. The molecule has 0 radical (unpaired) electrons. The van der Waals surface area contributed by atoms with Gasteiger partial charge in [0.15, 0.2) is 0 Å². The molecule has 110 valence electrons. The maximum atomic E-state index is 9.50. The van der Waals surface area contributed by atoms with Gasteiger partial charge in [0.1, 0.15) is 5.82 Å². The lowest BCUT2D eigenvalue weighted by molar-refractivity contribution is 0.0302. The fraction of sp³-hybridized carbons (Fsp3) is 0.688. The van der Waals surface area contributed by atoms with Gasteiger partial charge >= 0.3 is 0 Å². The monoisotopic (exact) mass is 276 g/mol. The molecule has 0 amide bonds. The van der Waals surface area contributed by atoms with Crippen molar-refractivity contribution in [1.82, 2.24) is 4.98 Å². The van der Waals surface area contributed by atoms with E-state index in [0.717, 1.165) is 43.0 Å². The summed E-state index contributed by atoms with van der Waals surface area (Å²) in [6, 6.07) is 4.03. The Kier molecular flexibility index (Phi) is 3.46. The van der Waals surface area contributed by atoms with Crippen LogP contribution in [-0.4, -0.2) is 35.4 Å². The molecule has 0 saturated carbocycles. The highest BCUT2D eigenvalue weighted by molar-refractivity contribution is 5.45. The van der Waals surface area contributed by atoms with E-state index in [-0.39, 0.29) is 12.0 Å². The standard InChI is InChI=1S/C16H24N2O2/c1-16(2,3)14-6-11(10-19)7-15(17-14)18-8-12-4-5-13(9-18)20-12/h6-7,12-13,19H,4-5,8-10H2,1-3H3. The van der Waals surface area contributed by atoms with Crippen LogP contribution in [0.25, 0.3) is 0 Å². The van der Waals surface area contributed by atoms with Crippen LogP contribution in [0.2, 0.25) is 0 Å². The molecule has 1 aromatic heterocycles. The van der Waals surface area contributed by atoms with Gasteiger partial charge in [-0.05, 0) is 30.5 Å². The minimum Gasteiger partial charge on any atom is -0.392 e. The molecule has 2 aliphatic rings. The number of ether oxygens (including phenoxy) is 1. The minimum atomic E-state index is -0.00873. The number of aromatic nitrogens is 1. The first kappa shape index (κ1) is 13.8. The van der Waals surface area contributed by atoms with Crippen LogP contribution >= 0.6 is 0 Å². The highest BCUT2D eigenvalue weighted by atomic mass is 16.5. The Hall–Kier alpha value is -1.13. The molecule has 0 aliphatic carbocycles. The normalized spacial score (nSPS) is 26.1. The Labute approximate surface area is 120 Å². The zero-order valence-corrected chi connectivity index (χ0v) is 12.6. The number of hydrogen-bond acceptors (Lipinski definition) is 4. The Morgan fingerprint density at radius 1 is 1.25 bits per heavy atom. The Balaban J connectivity index is 1.92. The van der Waals surface area contributed by atoms with Gasteiger partial charge in [0.25, 0.3) is 0 Å². The molecule has 0 aromatic carbocycles.